The van der Waals surface area contributed by atoms with E-state index in [2.05, 4.69) is 16.0 Å². The highest BCUT2D eigenvalue weighted by Gasteiger charge is 2.64. The van der Waals surface area contributed by atoms with Crippen LogP contribution in [0.1, 0.15) is 12.8 Å². The number of hydrogen-bond donors (Lipinski definition) is 0. The second-order valence-corrected chi connectivity index (χ2v) is 6.67. The Labute approximate surface area is 142 Å². The Hall–Kier alpha value is -2.82. The third-order valence-corrected chi connectivity index (χ3v) is 4.93. The number of carbonyl (C=O) groups excluding carboxylic acids is 1. The average Bonchev–Trinajstić information content (AvgIpc) is 2.98. The lowest BCUT2D eigenvalue weighted by atomic mass is 9.86. The summed E-state index contributed by atoms with van der Waals surface area (Å²) in [6.07, 6.45) is 6.64. The van der Waals surface area contributed by atoms with Gasteiger partial charge in [0, 0.05) is 43.7 Å². The van der Waals surface area contributed by atoms with E-state index in [1.807, 2.05) is 23.0 Å². The molecule has 1 atom stereocenters. The summed E-state index contributed by atoms with van der Waals surface area (Å²) >= 11 is 0. The minimum Gasteiger partial charge on any atom is -0.343 e. The summed E-state index contributed by atoms with van der Waals surface area (Å²) in [4.78, 5) is 21.6. The van der Waals surface area contributed by atoms with Crippen molar-refractivity contribution in [3.63, 3.8) is 0 Å². The van der Waals surface area contributed by atoms with Crippen LogP contribution in [0.3, 0.4) is 0 Å². The zero-order chi connectivity index (χ0) is 17.7. The number of likely N-dealkylation sites (tertiary alicyclic amines) is 1. The number of amides is 1. The van der Waals surface area contributed by atoms with Crippen LogP contribution in [-0.4, -0.2) is 44.4 Å². The van der Waals surface area contributed by atoms with Crippen LogP contribution in [0.4, 0.5) is 8.78 Å². The number of nitriles is 1. The summed E-state index contributed by atoms with van der Waals surface area (Å²) < 4.78 is 28.1. The van der Waals surface area contributed by atoms with E-state index in [4.69, 9.17) is 0 Å². The predicted octanol–water partition coefficient (Wildman–Crippen LogP) is 2.05. The Kier molecular flexibility index (Phi) is 3.35. The molecule has 0 bridgehead atoms. The summed E-state index contributed by atoms with van der Waals surface area (Å²) in [6.45, 7) is 0.535. The molecule has 1 amide bonds. The van der Waals surface area contributed by atoms with E-state index in [1.54, 1.807) is 12.3 Å². The predicted molar refractivity (Wildman–Crippen MR) is 83.3 cm³/mol. The molecule has 1 saturated heterocycles. The SMILES string of the molecule is N#CCC1(n2ccc(-c3ccncn3)c2)CN(C(=O)C2CC2(F)F)C1. The van der Waals surface area contributed by atoms with Gasteiger partial charge in [0.2, 0.25) is 5.91 Å². The van der Waals surface area contributed by atoms with Crippen LogP contribution in [0.15, 0.2) is 37.1 Å². The molecule has 2 aromatic rings. The topological polar surface area (TPSA) is 74.8 Å². The molecule has 1 saturated carbocycles. The van der Waals surface area contributed by atoms with E-state index >= 15 is 0 Å². The third-order valence-electron chi connectivity index (χ3n) is 4.93. The Bertz CT molecular complexity index is 851. The van der Waals surface area contributed by atoms with E-state index in [9.17, 15) is 18.8 Å². The van der Waals surface area contributed by atoms with Gasteiger partial charge in [0.25, 0.3) is 5.92 Å². The molecule has 0 aromatic carbocycles. The van der Waals surface area contributed by atoms with Gasteiger partial charge in [0.1, 0.15) is 12.2 Å². The van der Waals surface area contributed by atoms with Gasteiger partial charge in [0.05, 0.1) is 23.7 Å². The zero-order valence-electron chi connectivity index (χ0n) is 13.3. The normalized spacial score (nSPS) is 22.8. The number of halogens is 2. The lowest BCUT2D eigenvalue weighted by Gasteiger charge is -2.50. The monoisotopic (exact) mass is 343 g/mol. The van der Waals surface area contributed by atoms with E-state index in [-0.39, 0.29) is 25.9 Å². The van der Waals surface area contributed by atoms with E-state index in [0.29, 0.717) is 0 Å². The Balaban J connectivity index is 1.53. The second-order valence-electron chi connectivity index (χ2n) is 6.67. The van der Waals surface area contributed by atoms with Crippen LogP contribution in [-0.2, 0) is 10.3 Å². The number of nitrogens with zero attached hydrogens (tertiary/aromatic N) is 5. The van der Waals surface area contributed by atoms with Crippen LogP contribution in [0.25, 0.3) is 11.3 Å². The minimum atomic E-state index is -2.86. The summed E-state index contributed by atoms with van der Waals surface area (Å²) in [5, 5.41) is 9.17. The molecule has 0 radical (unpaired) electrons. The van der Waals surface area contributed by atoms with Gasteiger partial charge in [-0.3, -0.25) is 4.79 Å². The number of hydrogen-bond acceptors (Lipinski definition) is 4. The van der Waals surface area contributed by atoms with Crippen molar-refractivity contribution in [3.8, 4) is 17.3 Å². The van der Waals surface area contributed by atoms with Crippen molar-refractivity contribution >= 4 is 5.91 Å². The summed E-state index contributed by atoms with van der Waals surface area (Å²) in [5.41, 5.74) is 1.06. The fourth-order valence-electron chi connectivity index (χ4n) is 3.34. The average molecular weight is 343 g/mol. The van der Waals surface area contributed by atoms with Crippen molar-refractivity contribution in [2.75, 3.05) is 13.1 Å². The smallest absolute Gasteiger partial charge is 0.260 e. The van der Waals surface area contributed by atoms with Crippen molar-refractivity contribution in [2.45, 2.75) is 24.3 Å². The van der Waals surface area contributed by atoms with Crippen molar-refractivity contribution < 1.29 is 13.6 Å². The molecule has 0 spiro atoms. The number of carbonyl (C=O) groups is 1. The molecule has 0 N–H and O–H groups in total. The standard InChI is InChI=1S/C17H15F2N5O/c18-17(19)7-13(17)15(25)23-9-16(10-23,3-4-20)24-6-2-12(8-24)14-1-5-21-11-22-14/h1-2,5-6,8,11,13H,3,7,9-10H2. The molecule has 128 valence electrons. The number of aromatic nitrogens is 3. The van der Waals surface area contributed by atoms with Crippen molar-refractivity contribution in [1.29, 1.82) is 5.26 Å². The maximum absolute atomic E-state index is 13.1. The molecule has 1 aliphatic carbocycles. The first kappa shape index (κ1) is 15.7. The van der Waals surface area contributed by atoms with Gasteiger partial charge in [0.15, 0.2) is 0 Å². The Morgan fingerprint density at radius 3 is 2.76 bits per heavy atom. The third kappa shape index (κ3) is 2.56. The summed E-state index contributed by atoms with van der Waals surface area (Å²) in [5.74, 6) is -4.56. The van der Waals surface area contributed by atoms with Gasteiger partial charge in [-0.05, 0) is 12.1 Å². The first-order valence-corrected chi connectivity index (χ1v) is 7.94. The van der Waals surface area contributed by atoms with Crippen LogP contribution in [0.5, 0.6) is 0 Å². The van der Waals surface area contributed by atoms with E-state index in [0.717, 1.165) is 11.3 Å². The zero-order valence-corrected chi connectivity index (χ0v) is 13.3. The molecule has 2 aliphatic rings. The van der Waals surface area contributed by atoms with Gasteiger partial charge in [-0.15, -0.1) is 0 Å². The van der Waals surface area contributed by atoms with E-state index in [1.165, 1.54) is 11.2 Å². The fraction of sp³-hybridized carbons (Fsp3) is 0.412. The first-order chi connectivity index (χ1) is 12.0. The first-order valence-electron chi connectivity index (χ1n) is 7.94. The molecule has 8 heteroatoms. The molecule has 1 aliphatic heterocycles. The van der Waals surface area contributed by atoms with Gasteiger partial charge < -0.3 is 9.47 Å². The quantitative estimate of drug-likeness (QED) is 0.851. The van der Waals surface area contributed by atoms with Crippen molar-refractivity contribution in [3.05, 3.63) is 37.1 Å². The molecular formula is C17H15F2N5O. The van der Waals surface area contributed by atoms with Crippen molar-refractivity contribution in [1.82, 2.24) is 19.4 Å². The molecule has 3 heterocycles. The largest absolute Gasteiger partial charge is 0.343 e. The molecule has 6 nitrogen and oxygen atoms in total. The summed E-state index contributed by atoms with van der Waals surface area (Å²) in [6, 6.07) is 5.80. The lowest BCUT2D eigenvalue weighted by Crippen LogP contribution is -2.64. The van der Waals surface area contributed by atoms with Gasteiger partial charge in [-0.25, -0.2) is 18.7 Å². The molecule has 4 rings (SSSR count). The lowest BCUT2D eigenvalue weighted by molar-refractivity contribution is -0.145. The minimum absolute atomic E-state index is 0.204. The van der Waals surface area contributed by atoms with Gasteiger partial charge in [-0.1, -0.05) is 0 Å². The highest BCUT2D eigenvalue weighted by atomic mass is 19.3. The maximum atomic E-state index is 13.1. The van der Waals surface area contributed by atoms with E-state index < -0.39 is 23.3 Å². The molecular weight excluding hydrogens is 328 g/mol. The maximum Gasteiger partial charge on any atom is 0.260 e. The molecule has 2 aromatic heterocycles. The number of rotatable bonds is 4. The van der Waals surface area contributed by atoms with Gasteiger partial charge in [-0.2, -0.15) is 5.26 Å². The highest BCUT2D eigenvalue weighted by molar-refractivity contribution is 5.84. The highest BCUT2D eigenvalue weighted by Crippen LogP contribution is 2.51. The molecule has 1 unspecified atom stereocenters. The van der Waals surface area contributed by atoms with Crippen LogP contribution in [0, 0.1) is 17.2 Å². The molecule has 25 heavy (non-hydrogen) atoms. The Morgan fingerprint density at radius 1 is 1.40 bits per heavy atom. The summed E-state index contributed by atoms with van der Waals surface area (Å²) in [7, 11) is 0. The van der Waals surface area contributed by atoms with Crippen LogP contribution in [0.2, 0.25) is 0 Å². The van der Waals surface area contributed by atoms with Gasteiger partial charge >= 0.3 is 0 Å². The fourth-order valence-corrected chi connectivity index (χ4v) is 3.34. The van der Waals surface area contributed by atoms with Crippen LogP contribution >= 0.6 is 0 Å². The molecule has 2 fully saturated rings. The number of alkyl halides is 2. The van der Waals surface area contributed by atoms with Crippen molar-refractivity contribution in [2.24, 2.45) is 5.92 Å². The second kappa shape index (κ2) is 5.34. The van der Waals surface area contributed by atoms with Crippen LogP contribution < -0.4 is 0 Å². The Morgan fingerprint density at radius 2 is 2.16 bits per heavy atom.